The molecule has 0 spiro atoms. The van der Waals surface area contributed by atoms with Crippen LogP contribution in [0.5, 0.6) is 0 Å². The van der Waals surface area contributed by atoms with Crippen LogP contribution in [0, 0.1) is 0 Å². The van der Waals surface area contributed by atoms with Crippen LogP contribution in [0.4, 0.5) is 19.1 Å². The minimum absolute atomic E-state index is 0.0530. The van der Waals surface area contributed by atoms with Gasteiger partial charge in [0.2, 0.25) is 11.8 Å². The lowest BCUT2D eigenvalue weighted by Gasteiger charge is -2.07. The fraction of sp³-hybridized carbons (Fsp3) is 0.231. The predicted molar refractivity (Wildman–Crippen MR) is 72.3 cm³/mol. The third-order valence-corrected chi connectivity index (χ3v) is 3.08. The fourth-order valence-electron chi connectivity index (χ4n) is 1.98. The minimum Gasteiger partial charge on any atom is -0.387 e. The summed E-state index contributed by atoms with van der Waals surface area (Å²) < 4.78 is 37.2. The molecule has 1 atom stereocenters. The second kappa shape index (κ2) is 5.71. The van der Waals surface area contributed by atoms with E-state index in [1.807, 2.05) is 30.3 Å². The van der Waals surface area contributed by atoms with Crippen molar-refractivity contribution in [3.8, 4) is 0 Å². The van der Waals surface area contributed by atoms with Gasteiger partial charge in [0.15, 0.2) is 6.10 Å². The number of rotatable bonds is 3. The molecule has 2 N–H and O–H groups in total. The summed E-state index contributed by atoms with van der Waals surface area (Å²) in [7, 11) is 0. The van der Waals surface area contributed by atoms with E-state index in [1.54, 1.807) is 5.10 Å². The molecule has 0 saturated heterocycles. The molecule has 0 radical (unpaired) electrons. The van der Waals surface area contributed by atoms with E-state index in [0.29, 0.717) is 0 Å². The third-order valence-electron chi connectivity index (χ3n) is 3.08. The second-order valence-corrected chi connectivity index (χ2v) is 4.71. The number of oxime groups is 1. The van der Waals surface area contributed by atoms with Gasteiger partial charge in [-0.25, -0.2) is 0 Å². The maximum atomic E-state index is 12.4. The molecule has 2 heterocycles. The van der Waals surface area contributed by atoms with Gasteiger partial charge in [0, 0.05) is 6.42 Å². The fourth-order valence-corrected chi connectivity index (χ4v) is 1.98. The van der Waals surface area contributed by atoms with Gasteiger partial charge in [-0.15, -0.1) is 5.10 Å². The average molecular weight is 325 g/mol. The summed E-state index contributed by atoms with van der Waals surface area (Å²) in [6.07, 6.45) is -4.87. The zero-order valence-corrected chi connectivity index (χ0v) is 11.5. The molecule has 10 heteroatoms. The van der Waals surface area contributed by atoms with Gasteiger partial charge < -0.3 is 4.84 Å². The Morgan fingerprint density at radius 3 is 2.70 bits per heavy atom. The second-order valence-electron chi connectivity index (χ2n) is 4.71. The molecule has 3 rings (SSSR count). The highest BCUT2D eigenvalue weighted by molar-refractivity contribution is 6.43. The molecule has 1 aliphatic heterocycles. The molecule has 0 saturated carbocycles. The van der Waals surface area contributed by atoms with Crippen molar-refractivity contribution in [3.63, 3.8) is 0 Å². The zero-order chi connectivity index (χ0) is 16.4. The van der Waals surface area contributed by atoms with Gasteiger partial charge in [0.05, 0.1) is 0 Å². The summed E-state index contributed by atoms with van der Waals surface area (Å²) in [4.78, 5) is 20.3. The third kappa shape index (κ3) is 3.30. The smallest absolute Gasteiger partial charge is 0.387 e. The van der Waals surface area contributed by atoms with Crippen molar-refractivity contribution in [2.24, 2.45) is 5.16 Å². The van der Waals surface area contributed by atoms with Crippen molar-refractivity contribution in [3.05, 3.63) is 41.7 Å². The summed E-state index contributed by atoms with van der Waals surface area (Å²) in [5.74, 6) is -2.48. The normalized spacial score (nSPS) is 17.5. The van der Waals surface area contributed by atoms with Crippen LogP contribution in [0.15, 0.2) is 35.5 Å². The summed E-state index contributed by atoms with van der Waals surface area (Å²) >= 11 is 0. The lowest BCUT2D eigenvalue weighted by atomic mass is 10.0. The van der Waals surface area contributed by atoms with Crippen LogP contribution >= 0.6 is 0 Å². The summed E-state index contributed by atoms with van der Waals surface area (Å²) in [5.41, 5.74) is 0.897. The monoisotopic (exact) mass is 325 g/mol. The Hall–Kier alpha value is -2.91. The van der Waals surface area contributed by atoms with Crippen molar-refractivity contribution >= 4 is 17.6 Å². The zero-order valence-electron chi connectivity index (χ0n) is 11.5. The van der Waals surface area contributed by atoms with Crippen LogP contribution in [0.2, 0.25) is 0 Å². The van der Waals surface area contributed by atoms with Gasteiger partial charge in [0.1, 0.15) is 5.71 Å². The van der Waals surface area contributed by atoms with Crippen LogP contribution < -0.4 is 5.32 Å². The maximum absolute atomic E-state index is 12.4. The Morgan fingerprint density at radius 1 is 1.30 bits per heavy atom. The van der Waals surface area contributed by atoms with Crippen molar-refractivity contribution < 1.29 is 22.8 Å². The van der Waals surface area contributed by atoms with E-state index < -0.39 is 30.0 Å². The van der Waals surface area contributed by atoms with Crippen LogP contribution in [0.1, 0.15) is 23.9 Å². The number of hydrogen-bond acceptors (Lipinski definition) is 5. The summed E-state index contributed by atoms with van der Waals surface area (Å²) in [5, 5.41) is 10.8. The highest BCUT2D eigenvalue weighted by Crippen LogP contribution is 2.28. The Bertz CT molecular complexity index is 742. The first-order valence-electron chi connectivity index (χ1n) is 6.52. The number of alkyl halides is 3. The van der Waals surface area contributed by atoms with Crippen molar-refractivity contribution in [1.82, 2.24) is 15.2 Å². The first kappa shape index (κ1) is 15.0. The molecule has 7 nitrogen and oxygen atoms in total. The van der Waals surface area contributed by atoms with Crippen LogP contribution in [-0.2, 0) is 15.8 Å². The number of nitrogens with zero attached hydrogens (tertiary/aromatic N) is 3. The number of anilines is 1. The number of H-pyrrole nitrogens is 1. The molecule has 1 amide bonds. The number of halogens is 3. The Kier molecular flexibility index (Phi) is 3.72. The average Bonchev–Trinajstić information content (AvgIpc) is 3.16. The first-order chi connectivity index (χ1) is 10.9. The number of hydrogen-bond donors (Lipinski definition) is 2. The number of nitrogens with one attached hydrogen (secondary N) is 2. The SMILES string of the molecule is O=C(Nc1n[nH]c(C(F)(F)F)n1)C1=NO[C@@H](c2ccccc2)C1. The topological polar surface area (TPSA) is 92.3 Å². The van der Waals surface area contributed by atoms with E-state index >= 15 is 0 Å². The standard InChI is InChI=1S/C13H10F3N5O2/c14-13(15,16)11-18-12(20-19-11)17-10(22)8-6-9(23-21-8)7-4-2-1-3-5-7/h1-5,9H,6H2,(H2,17,18,19,20,22)/t9-/m1/s1. The minimum atomic E-state index is -4.66. The van der Waals surface area contributed by atoms with Gasteiger partial charge in [-0.2, -0.15) is 18.2 Å². The van der Waals surface area contributed by atoms with Crippen LogP contribution in [-0.4, -0.2) is 26.8 Å². The summed E-state index contributed by atoms with van der Waals surface area (Å²) in [6.45, 7) is 0. The lowest BCUT2D eigenvalue weighted by Crippen LogP contribution is -2.22. The van der Waals surface area contributed by atoms with Gasteiger partial charge >= 0.3 is 6.18 Å². The first-order valence-corrected chi connectivity index (χ1v) is 6.52. The van der Waals surface area contributed by atoms with E-state index in [4.69, 9.17) is 4.84 Å². The van der Waals surface area contributed by atoms with E-state index in [9.17, 15) is 18.0 Å². The molecule has 120 valence electrons. The number of aromatic amines is 1. The molecule has 0 unspecified atom stereocenters. The van der Waals surface area contributed by atoms with E-state index in [1.165, 1.54) is 0 Å². The van der Waals surface area contributed by atoms with Gasteiger partial charge in [-0.1, -0.05) is 35.5 Å². The molecule has 1 aliphatic rings. The van der Waals surface area contributed by atoms with Crippen LogP contribution in [0.3, 0.4) is 0 Å². The molecule has 0 aliphatic carbocycles. The van der Waals surface area contributed by atoms with Gasteiger partial charge in [0.25, 0.3) is 5.91 Å². The molecular weight excluding hydrogens is 315 g/mol. The van der Waals surface area contributed by atoms with Crippen LogP contribution in [0.25, 0.3) is 0 Å². The molecule has 1 aromatic heterocycles. The number of benzene rings is 1. The lowest BCUT2D eigenvalue weighted by molar-refractivity contribution is -0.144. The molecule has 0 bridgehead atoms. The number of aromatic nitrogens is 3. The highest BCUT2D eigenvalue weighted by atomic mass is 19.4. The predicted octanol–water partition coefficient (Wildman–Crippen LogP) is 2.28. The van der Waals surface area contributed by atoms with Gasteiger partial charge in [-0.3, -0.25) is 15.2 Å². The van der Waals surface area contributed by atoms with Crippen molar-refractivity contribution in [2.45, 2.75) is 18.7 Å². The Balaban J connectivity index is 1.62. The maximum Gasteiger partial charge on any atom is 0.451 e. The van der Waals surface area contributed by atoms with Gasteiger partial charge in [-0.05, 0) is 5.56 Å². The quantitative estimate of drug-likeness (QED) is 0.905. The molecule has 23 heavy (non-hydrogen) atoms. The number of carbonyl (C=O) groups is 1. The highest BCUT2D eigenvalue weighted by Gasteiger charge is 2.36. The van der Waals surface area contributed by atoms with E-state index in [2.05, 4.69) is 20.6 Å². The van der Waals surface area contributed by atoms with Crippen molar-refractivity contribution in [2.75, 3.05) is 5.32 Å². The Morgan fingerprint density at radius 2 is 2.04 bits per heavy atom. The molecule has 0 fully saturated rings. The number of carbonyl (C=O) groups excluding carboxylic acids is 1. The van der Waals surface area contributed by atoms with Crippen molar-refractivity contribution in [1.29, 1.82) is 0 Å². The van der Waals surface area contributed by atoms with E-state index in [-0.39, 0.29) is 12.1 Å². The molecule has 2 aromatic rings. The largest absolute Gasteiger partial charge is 0.451 e. The van der Waals surface area contributed by atoms with E-state index in [0.717, 1.165) is 5.56 Å². The Labute approximate surface area is 127 Å². The summed E-state index contributed by atoms with van der Waals surface area (Å²) in [6, 6.07) is 9.14. The molecular formula is C13H10F3N5O2. The molecule has 1 aromatic carbocycles. The number of amides is 1.